The summed E-state index contributed by atoms with van der Waals surface area (Å²) >= 11 is 3.39. The maximum absolute atomic E-state index is 12.7. The maximum atomic E-state index is 12.7. The van der Waals surface area contributed by atoms with Crippen molar-refractivity contribution in [1.29, 1.82) is 0 Å². The van der Waals surface area contributed by atoms with E-state index in [0.29, 0.717) is 29.9 Å². The van der Waals surface area contributed by atoms with E-state index in [1.807, 2.05) is 0 Å². The molecule has 0 fully saturated rings. The number of ether oxygens (including phenoxy) is 3. The van der Waals surface area contributed by atoms with Crippen molar-refractivity contribution in [2.45, 2.75) is 57.3 Å². The Morgan fingerprint density at radius 1 is 1.11 bits per heavy atom. The number of aliphatic carboxylic acids is 1. The average molecular weight is 548 g/mol. The van der Waals surface area contributed by atoms with Gasteiger partial charge in [0.05, 0.1) is 6.61 Å². The molecule has 2 aromatic carbocycles. The van der Waals surface area contributed by atoms with Gasteiger partial charge >= 0.3 is 11.9 Å². The van der Waals surface area contributed by atoms with Gasteiger partial charge in [0.2, 0.25) is 11.4 Å². The molecule has 188 valence electrons. The van der Waals surface area contributed by atoms with Crippen molar-refractivity contribution in [3.05, 3.63) is 64.1 Å². The predicted octanol–water partition coefficient (Wildman–Crippen LogP) is 4.67. The molecule has 35 heavy (non-hydrogen) atoms. The minimum Gasteiger partial charge on any atom is -0.494 e. The molecule has 9 heteroatoms. The first-order chi connectivity index (χ1) is 16.5. The van der Waals surface area contributed by atoms with E-state index in [1.165, 1.54) is 0 Å². The molecule has 3 rings (SSSR count). The number of carboxylic acid groups (broad SMARTS) is 1. The van der Waals surface area contributed by atoms with Gasteiger partial charge in [0, 0.05) is 29.5 Å². The Morgan fingerprint density at radius 2 is 1.77 bits per heavy atom. The number of halogens is 1. The van der Waals surface area contributed by atoms with Crippen molar-refractivity contribution in [3.8, 4) is 5.75 Å². The Balaban J connectivity index is 1.92. The van der Waals surface area contributed by atoms with E-state index >= 15 is 0 Å². The Kier molecular flexibility index (Phi) is 8.56. The molecule has 1 heterocycles. The molecule has 2 aromatic rings. The van der Waals surface area contributed by atoms with Crippen LogP contribution in [0.25, 0.3) is 0 Å². The van der Waals surface area contributed by atoms with Crippen molar-refractivity contribution >= 4 is 33.8 Å². The summed E-state index contributed by atoms with van der Waals surface area (Å²) in [5, 5.41) is 19.2. The smallest absolute Gasteiger partial charge is 0.336 e. The van der Waals surface area contributed by atoms with Gasteiger partial charge in [0.15, 0.2) is 6.10 Å². The molecule has 0 saturated carbocycles. The lowest BCUT2D eigenvalue weighted by atomic mass is 9.84. The second kappa shape index (κ2) is 11.2. The number of rotatable bonds is 10. The van der Waals surface area contributed by atoms with Crippen LogP contribution >= 0.6 is 15.9 Å². The summed E-state index contributed by atoms with van der Waals surface area (Å²) in [5.74, 6) is -0.903. The first-order valence-electron chi connectivity index (χ1n) is 11.4. The molecule has 8 nitrogen and oxygen atoms in total. The van der Waals surface area contributed by atoms with Gasteiger partial charge < -0.3 is 24.4 Å². The number of esters is 1. The van der Waals surface area contributed by atoms with Crippen LogP contribution in [0.5, 0.6) is 5.75 Å². The van der Waals surface area contributed by atoms with Crippen molar-refractivity contribution in [3.63, 3.8) is 0 Å². The van der Waals surface area contributed by atoms with Gasteiger partial charge in [-0.1, -0.05) is 28.1 Å². The number of hydrogen-bond acceptors (Lipinski definition) is 7. The minimum atomic E-state index is -1.71. The third-order valence-electron chi connectivity index (χ3n) is 5.31. The second-order valence-electron chi connectivity index (χ2n) is 9.23. The number of aliphatic imine (C=N–C) groups is 1. The van der Waals surface area contributed by atoms with Gasteiger partial charge in [-0.3, -0.25) is 4.79 Å². The van der Waals surface area contributed by atoms with Crippen molar-refractivity contribution in [2.75, 3.05) is 13.2 Å². The predicted molar refractivity (Wildman–Crippen MR) is 134 cm³/mol. The van der Waals surface area contributed by atoms with E-state index in [0.717, 1.165) is 4.47 Å². The van der Waals surface area contributed by atoms with E-state index in [-0.39, 0.29) is 25.3 Å². The molecule has 1 aliphatic heterocycles. The molecule has 0 unspecified atom stereocenters. The number of hydrogen-bond donors (Lipinski definition) is 2. The quantitative estimate of drug-likeness (QED) is 0.328. The molecule has 0 saturated heterocycles. The summed E-state index contributed by atoms with van der Waals surface area (Å²) in [6.07, 6.45) is -0.644. The first-order valence-corrected chi connectivity index (χ1v) is 12.1. The van der Waals surface area contributed by atoms with Crippen LogP contribution in [0.4, 0.5) is 0 Å². The Morgan fingerprint density at radius 3 is 2.34 bits per heavy atom. The third-order valence-corrected chi connectivity index (χ3v) is 5.84. The average Bonchev–Trinajstić information content (AvgIpc) is 3.19. The van der Waals surface area contributed by atoms with E-state index < -0.39 is 29.2 Å². The van der Waals surface area contributed by atoms with Crippen LogP contribution in [-0.4, -0.2) is 52.4 Å². The van der Waals surface area contributed by atoms with Crippen LogP contribution < -0.4 is 4.74 Å². The summed E-state index contributed by atoms with van der Waals surface area (Å²) in [5.41, 5.74) is -1.18. The van der Waals surface area contributed by atoms with Crippen LogP contribution in [0.15, 0.2) is 58.0 Å². The molecule has 2 atom stereocenters. The monoisotopic (exact) mass is 547 g/mol. The fourth-order valence-corrected chi connectivity index (χ4v) is 3.94. The van der Waals surface area contributed by atoms with Gasteiger partial charge in [-0.25, -0.2) is 9.79 Å². The van der Waals surface area contributed by atoms with E-state index in [1.54, 1.807) is 69.3 Å². The topological polar surface area (TPSA) is 115 Å². The number of carbonyl (C=O) groups excluding carboxylic acids is 1. The second-order valence-corrected chi connectivity index (χ2v) is 10.1. The van der Waals surface area contributed by atoms with Crippen LogP contribution in [0.1, 0.15) is 57.3 Å². The number of aliphatic hydroxyl groups is 1. The summed E-state index contributed by atoms with van der Waals surface area (Å²) in [6.45, 7) is 5.70. The van der Waals surface area contributed by atoms with Gasteiger partial charge in [-0.2, -0.15) is 0 Å². The summed E-state index contributed by atoms with van der Waals surface area (Å²) in [6, 6.07) is 14.1. The minimum absolute atomic E-state index is 0.0424. The highest BCUT2D eigenvalue weighted by Gasteiger charge is 2.53. The third kappa shape index (κ3) is 6.82. The van der Waals surface area contributed by atoms with Gasteiger partial charge in [0.1, 0.15) is 11.4 Å². The van der Waals surface area contributed by atoms with Crippen molar-refractivity contribution in [2.24, 2.45) is 4.99 Å². The molecule has 0 amide bonds. The molecule has 2 N–H and O–H groups in total. The standard InChI is InChI=1S/C26H30BrNO7/c1-25(2,3)35-21(30)13-14-26(24(31)32)22(17-5-9-19(27)10-6-17)34-23(28-26)18-7-11-20(12-8-18)33-16-4-15-29/h5-12,22,29H,4,13-16H2,1-3H3,(H,31,32)/t22-,26-/m1/s1. The molecular formula is C26H30BrNO7. The lowest BCUT2D eigenvalue weighted by Crippen LogP contribution is -2.41. The van der Waals surface area contributed by atoms with Crippen LogP contribution in [-0.2, 0) is 19.1 Å². The van der Waals surface area contributed by atoms with E-state index in [2.05, 4.69) is 20.9 Å². The number of benzene rings is 2. The highest BCUT2D eigenvalue weighted by Crippen LogP contribution is 2.43. The molecule has 0 radical (unpaired) electrons. The number of carbonyl (C=O) groups is 2. The van der Waals surface area contributed by atoms with Gasteiger partial charge in [-0.15, -0.1) is 0 Å². The summed E-state index contributed by atoms with van der Waals surface area (Å²) in [7, 11) is 0. The summed E-state index contributed by atoms with van der Waals surface area (Å²) in [4.78, 5) is 29.6. The van der Waals surface area contributed by atoms with E-state index in [9.17, 15) is 14.7 Å². The van der Waals surface area contributed by atoms with Crippen LogP contribution in [0.3, 0.4) is 0 Å². The van der Waals surface area contributed by atoms with Crippen LogP contribution in [0.2, 0.25) is 0 Å². The molecule has 0 bridgehead atoms. The maximum Gasteiger partial charge on any atom is 0.336 e. The fraction of sp³-hybridized carbons (Fsp3) is 0.423. The number of carboxylic acids is 1. The SMILES string of the molecule is CC(C)(C)OC(=O)CC[C@@]1(C(=O)O)N=C(c2ccc(OCCCO)cc2)O[C@@H]1c1ccc(Br)cc1. The molecule has 1 aliphatic rings. The molecule has 0 aliphatic carbocycles. The lowest BCUT2D eigenvalue weighted by molar-refractivity contribution is -0.156. The normalized spacial score (nSPS) is 19.6. The Labute approximate surface area is 213 Å². The largest absolute Gasteiger partial charge is 0.494 e. The fourth-order valence-electron chi connectivity index (χ4n) is 3.68. The zero-order valence-electron chi connectivity index (χ0n) is 20.0. The highest BCUT2D eigenvalue weighted by atomic mass is 79.9. The Bertz CT molecular complexity index is 1060. The van der Waals surface area contributed by atoms with Crippen molar-refractivity contribution in [1.82, 2.24) is 0 Å². The lowest BCUT2D eigenvalue weighted by Gasteiger charge is -2.28. The number of aliphatic hydroxyl groups excluding tert-OH is 1. The van der Waals surface area contributed by atoms with Gasteiger partial charge in [-0.05, 0) is 69.2 Å². The van der Waals surface area contributed by atoms with E-state index in [4.69, 9.17) is 19.3 Å². The molecule has 0 aromatic heterocycles. The first kappa shape index (κ1) is 26.7. The molecule has 0 spiro atoms. The zero-order valence-corrected chi connectivity index (χ0v) is 21.6. The Hall–Kier alpha value is -2.91. The molecular weight excluding hydrogens is 518 g/mol. The number of nitrogens with zero attached hydrogens (tertiary/aromatic N) is 1. The zero-order chi connectivity index (χ0) is 25.6. The van der Waals surface area contributed by atoms with Crippen molar-refractivity contribution < 1.29 is 34.0 Å². The van der Waals surface area contributed by atoms with Gasteiger partial charge in [0.25, 0.3) is 0 Å². The highest BCUT2D eigenvalue weighted by molar-refractivity contribution is 9.10. The summed E-state index contributed by atoms with van der Waals surface area (Å²) < 4.78 is 17.9. The van der Waals surface area contributed by atoms with Crippen LogP contribution in [0, 0.1) is 0 Å².